The summed E-state index contributed by atoms with van der Waals surface area (Å²) in [6.45, 7) is 0.541. The van der Waals surface area contributed by atoms with E-state index in [-0.39, 0.29) is 23.0 Å². The molecular weight excluding hydrogens is 498 g/mol. The van der Waals surface area contributed by atoms with Crippen LogP contribution in [0.1, 0.15) is 16.8 Å². The molecule has 1 atom stereocenters. The van der Waals surface area contributed by atoms with Crippen molar-refractivity contribution in [2.24, 2.45) is 11.5 Å². The van der Waals surface area contributed by atoms with Gasteiger partial charge in [0.25, 0.3) is 0 Å². The average Bonchev–Trinajstić information content (AvgIpc) is 2.87. The minimum absolute atomic E-state index is 0.00808. The van der Waals surface area contributed by atoms with Gasteiger partial charge in [0.1, 0.15) is 12.4 Å². The standard InChI is InChI=1S/C25H27N5O6S/c26-22(29-37(33,34)21-9-5-2-6-10-21)17-23(31)36-24(32)18-11-13-20(14-12-18)35-16-15-30(25(27)28)19-7-3-1-4-8-19/h1-14,22,29H,15-17,26H2,(H3,27,28)/t22-/m0/s1. The summed E-state index contributed by atoms with van der Waals surface area (Å²) in [5.41, 5.74) is 12.2. The van der Waals surface area contributed by atoms with E-state index >= 15 is 0 Å². The van der Waals surface area contributed by atoms with Gasteiger partial charge in [-0.1, -0.05) is 36.4 Å². The summed E-state index contributed by atoms with van der Waals surface area (Å²) >= 11 is 0. The van der Waals surface area contributed by atoms with E-state index in [4.69, 9.17) is 26.4 Å². The highest BCUT2D eigenvalue weighted by atomic mass is 32.2. The number of esters is 2. The number of anilines is 1. The molecular formula is C25H27N5O6S. The van der Waals surface area contributed by atoms with Crippen LogP contribution in [0.25, 0.3) is 0 Å². The Balaban J connectivity index is 1.47. The number of sulfonamides is 1. The Labute approximate surface area is 214 Å². The number of para-hydroxylation sites is 1. The van der Waals surface area contributed by atoms with Crippen molar-refractivity contribution in [3.63, 3.8) is 0 Å². The zero-order valence-corrected chi connectivity index (χ0v) is 20.6. The molecule has 194 valence electrons. The minimum Gasteiger partial charge on any atom is -0.492 e. The highest BCUT2D eigenvalue weighted by Crippen LogP contribution is 2.16. The molecule has 0 unspecified atom stereocenters. The van der Waals surface area contributed by atoms with Crippen LogP contribution < -0.4 is 25.8 Å². The lowest BCUT2D eigenvalue weighted by atomic mass is 10.2. The quantitative estimate of drug-likeness (QED) is 0.0955. The molecule has 0 heterocycles. The van der Waals surface area contributed by atoms with Crippen LogP contribution in [0.5, 0.6) is 5.75 Å². The van der Waals surface area contributed by atoms with Crippen molar-refractivity contribution in [3.8, 4) is 5.75 Å². The second kappa shape index (κ2) is 12.6. The number of rotatable bonds is 11. The van der Waals surface area contributed by atoms with Crippen LogP contribution in [0.3, 0.4) is 0 Å². The van der Waals surface area contributed by atoms with E-state index in [2.05, 4.69) is 4.72 Å². The fourth-order valence-corrected chi connectivity index (χ4v) is 4.36. The van der Waals surface area contributed by atoms with Crippen LogP contribution in [0, 0.1) is 5.41 Å². The smallest absolute Gasteiger partial charge is 0.345 e. The predicted molar refractivity (Wildman–Crippen MR) is 137 cm³/mol. The van der Waals surface area contributed by atoms with Gasteiger partial charge in [0.15, 0.2) is 5.96 Å². The van der Waals surface area contributed by atoms with Gasteiger partial charge in [-0.25, -0.2) is 13.2 Å². The highest BCUT2D eigenvalue weighted by Gasteiger charge is 2.22. The Hall–Kier alpha value is -4.26. The molecule has 0 aromatic heterocycles. The normalized spacial score (nSPS) is 11.8. The van der Waals surface area contributed by atoms with Crippen LogP contribution in [-0.4, -0.2) is 45.6 Å². The summed E-state index contributed by atoms with van der Waals surface area (Å²) < 4.78 is 37.2. The fraction of sp³-hybridized carbons (Fsp3) is 0.160. The Kier molecular flexibility index (Phi) is 9.33. The zero-order chi connectivity index (χ0) is 26.8. The second-order valence-corrected chi connectivity index (χ2v) is 9.47. The molecule has 6 N–H and O–H groups in total. The van der Waals surface area contributed by atoms with Gasteiger partial charge in [0.05, 0.1) is 29.6 Å². The van der Waals surface area contributed by atoms with Crippen LogP contribution in [0.4, 0.5) is 5.69 Å². The lowest BCUT2D eigenvalue weighted by Crippen LogP contribution is -2.43. The number of ether oxygens (including phenoxy) is 2. The number of nitrogens with one attached hydrogen (secondary N) is 2. The maximum absolute atomic E-state index is 12.3. The lowest BCUT2D eigenvalue weighted by molar-refractivity contribution is -0.138. The molecule has 0 spiro atoms. The van der Waals surface area contributed by atoms with Crippen molar-refractivity contribution in [1.29, 1.82) is 5.41 Å². The van der Waals surface area contributed by atoms with E-state index in [1.54, 1.807) is 23.1 Å². The first-order valence-corrected chi connectivity index (χ1v) is 12.6. The van der Waals surface area contributed by atoms with E-state index in [1.807, 2.05) is 30.3 Å². The van der Waals surface area contributed by atoms with E-state index in [0.29, 0.717) is 12.3 Å². The number of carbonyl (C=O) groups excluding carboxylic acids is 2. The van der Waals surface area contributed by atoms with Crippen molar-refractivity contribution >= 4 is 33.6 Å². The van der Waals surface area contributed by atoms with Crippen molar-refractivity contribution in [3.05, 3.63) is 90.5 Å². The van der Waals surface area contributed by atoms with Gasteiger partial charge in [-0.2, -0.15) is 4.72 Å². The van der Waals surface area contributed by atoms with Gasteiger partial charge in [-0.3, -0.25) is 10.2 Å². The van der Waals surface area contributed by atoms with Crippen LogP contribution in [0.2, 0.25) is 0 Å². The second-order valence-electron chi connectivity index (χ2n) is 7.75. The molecule has 0 fully saturated rings. The molecule has 0 aliphatic rings. The predicted octanol–water partition coefficient (Wildman–Crippen LogP) is 1.80. The van der Waals surface area contributed by atoms with Crippen LogP contribution >= 0.6 is 0 Å². The van der Waals surface area contributed by atoms with E-state index in [9.17, 15) is 18.0 Å². The van der Waals surface area contributed by atoms with Gasteiger partial charge in [-0.15, -0.1) is 0 Å². The molecule has 3 aromatic carbocycles. The summed E-state index contributed by atoms with van der Waals surface area (Å²) in [6, 6.07) is 22.6. The average molecular weight is 526 g/mol. The molecule has 0 saturated carbocycles. The summed E-state index contributed by atoms with van der Waals surface area (Å²) in [5.74, 6) is -1.57. The van der Waals surface area contributed by atoms with Crippen LogP contribution in [-0.2, 0) is 19.6 Å². The first-order chi connectivity index (χ1) is 17.7. The van der Waals surface area contributed by atoms with Gasteiger partial charge in [0.2, 0.25) is 10.0 Å². The summed E-state index contributed by atoms with van der Waals surface area (Å²) in [7, 11) is -3.93. The number of guanidine groups is 1. The zero-order valence-electron chi connectivity index (χ0n) is 19.7. The number of carbonyl (C=O) groups is 2. The maximum Gasteiger partial charge on any atom is 0.345 e. The molecule has 0 saturated heterocycles. The molecule has 0 aliphatic heterocycles. The first-order valence-electron chi connectivity index (χ1n) is 11.1. The third kappa shape index (κ3) is 8.14. The Morgan fingerprint density at radius 2 is 1.54 bits per heavy atom. The van der Waals surface area contributed by atoms with Crippen molar-refractivity contribution in [1.82, 2.24) is 4.72 Å². The fourth-order valence-electron chi connectivity index (χ4n) is 3.23. The summed E-state index contributed by atoms with van der Waals surface area (Å²) in [5, 5.41) is 7.76. The number of nitrogens with zero attached hydrogens (tertiary/aromatic N) is 1. The third-order valence-electron chi connectivity index (χ3n) is 4.99. The van der Waals surface area contributed by atoms with Gasteiger partial charge in [-0.05, 0) is 48.5 Å². The molecule has 37 heavy (non-hydrogen) atoms. The molecule has 11 nitrogen and oxygen atoms in total. The maximum atomic E-state index is 12.3. The molecule has 3 rings (SSSR count). The lowest BCUT2D eigenvalue weighted by Gasteiger charge is -2.22. The summed E-state index contributed by atoms with van der Waals surface area (Å²) in [4.78, 5) is 25.9. The Morgan fingerprint density at radius 1 is 0.946 bits per heavy atom. The minimum atomic E-state index is -3.93. The number of hydrogen-bond donors (Lipinski definition) is 4. The molecule has 0 bridgehead atoms. The first kappa shape index (κ1) is 27.3. The van der Waals surface area contributed by atoms with Gasteiger partial charge >= 0.3 is 11.9 Å². The summed E-state index contributed by atoms with van der Waals surface area (Å²) in [6.07, 6.45) is -1.83. The SMILES string of the molecule is N=C(N)N(CCOc1ccc(C(=O)OC(=O)C[C@@H](N)NS(=O)(=O)c2ccccc2)cc1)c1ccccc1. The monoisotopic (exact) mass is 525 g/mol. The van der Waals surface area contributed by atoms with Crippen molar-refractivity contribution in [2.45, 2.75) is 17.5 Å². The number of hydrogen-bond acceptors (Lipinski definition) is 8. The molecule has 0 aliphatic carbocycles. The van der Waals surface area contributed by atoms with Gasteiger partial charge < -0.3 is 25.8 Å². The van der Waals surface area contributed by atoms with E-state index < -0.39 is 34.5 Å². The highest BCUT2D eigenvalue weighted by molar-refractivity contribution is 7.89. The third-order valence-corrected chi connectivity index (χ3v) is 6.49. The van der Waals surface area contributed by atoms with E-state index in [1.165, 1.54) is 36.4 Å². The van der Waals surface area contributed by atoms with Crippen LogP contribution in [0.15, 0.2) is 89.8 Å². The molecule has 12 heteroatoms. The van der Waals surface area contributed by atoms with Crippen molar-refractivity contribution < 1.29 is 27.5 Å². The Bertz CT molecular complexity index is 1320. The largest absolute Gasteiger partial charge is 0.492 e. The topological polar surface area (TPSA) is 178 Å². The number of benzene rings is 3. The molecule has 3 aromatic rings. The molecule has 0 radical (unpaired) electrons. The Morgan fingerprint density at radius 3 is 2.14 bits per heavy atom. The van der Waals surface area contributed by atoms with Gasteiger partial charge in [0, 0.05) is 5.69 Å². The molecule has 0 amide bonds. The number of nitrogens with two attached hydrogens (primary N) is 2. The van der Waals surface area contributed by atoms with E-state index in [0.717, 1.165) is 5.69 Å². The van der Waals surface area contributed by atoms with Crippen molar-refractivity contribution in [2.75, 3.05) is 18.1 Å².